The SMILES string of the molecule is Cc1cccc(-n2c3c(cc(C#N)c2=O)C(=O)C[C@H](c2ccccc2)C3)c1. The van der Waals surface area contributed by atoms with Gasteiger partial charge in [0, 0.05) is 23.4 Å². The Hall–Kier alpha value is -3.45. The molecule has 132 valence electrons. The molecule has 0 unspecified atom stereocenters. The summed E-state index contributed by atoms with van der Waals surface area (Å²) in [5.41, 5.74) is 3.59. The number of carbonyl (C=O) groups is 1. The van der Waals surface area contributed by atoms with Crippen molar-refractivity contribution in [2.24, 2.45) is 0 Å². The third kappa shape index (κ3) is 2.98. The summed E-state index contributed by atoms with van der Waals surface area (Å²) in [5.74, 6) is -0.00222. The number of Topliss-reactive ketones (excluding diaryl/α,β-unsaturated/α-hetero) is 1. The number of nitriles is 1. The van der Waals surface area contributed by atoms with E-state index in [1.165, 1.54) is 6.07 Å². The lowest BCUT2D eigenvalue weighted by molar-refractivity contribution is 0.0962. The first kappa shape index (κ1) is 17.0. The predicted octanol–water partition coefficient (Wildman–Crippen LogP) is 3.93. The molecule has 0 spiro atoms. The average molecular weight is 354 g/mol. The fourth-order valence-corrected chi connectivity index (χ4v) is 3.82. The fourth-order valence-electron chi connectivity index (χ4n) is 3.82. The van der Waals surface area contributed by atoms with Gasteiger partial charge in [-0.05, 0) is 48.6 Å². The summed E-state index contributed by atoms with van der Waals surface area (Å²) in [7, 11) is 0. The summed E-state index contributed by atoms with van der Waals surface area (Å²) in [5, 5.41) is 9.39. The molecule has 0 saturated carbocycles. The lowest BCUT2D eigenvalue weighted by Gasteiger charge is -2.27. The normalized spacial score (nSPS) is 15.9. The van der Waals surface area contributed by atoms with Gasteiger partial charge in [-0.15, -0.1) is 0 Å². The topological polar surface area (TPSA) is 62.9 Å². The zero-order chi connectivity index (χ0) is 19.0. The van der Waals surface area contributed by atoms with Crippen molar-refractivity contribution in [3.63, 3.8) is 0 Å². The summed E-state index contributed by atoms with van der Waals surface area (Å²) >= 11 is 0. The maximum Gasteiger partial charge on any atom is 0.273 e. The minimum atomic E-state index is -0.372. The van der Waals surface area contributed by atoms with Gasteiger partial charge in [0.15, 0.2) is 5.78 Å². The van der Waals surface area contributed by atoms with Crippen molar-refractivity contribution < 1.29 is 4.79 Å². The number of carbonyl (C=O) groups excluding carboxylic acids is 1. The van der Waals surface area contributed by atoms with Gasteiger partial charge in [-0.25, -0.2) is 0 Å². The Kier molecular flexibility index (Phi) is 4.21. The van der Waals surface area contributed by atoms with Crippen LogP contribution in [0, 0.1) is 18.3 Å². The number of nitrogens with zero attached hydrogens (tertiary/aromatic N) is 2. The highest BCUT2D eigenvalue weighted by molar-refractivity contribution is 5.99. The quantitative estimate of drug-likeness (QED) is 0.700. The Balaban J connectivity index is 1.95. The summed E-state index contributed by atoms with van der Waals surface area (Å²) in [6.45, 7) is 1.95. The van der Waals surface area contributed by atoms with Gasteiger partial charge in [0.05, 0.1) is 0 Å². The molecule has 4 heteroatoms. The van der Waals surface area contributed by atoms with Crippen LogP contribution in [0.1, 0.15) is 45.1 Å². The molecule has 0 bridgehead atoms. The highest BCUT2D eigenvalue weighted by atomic mass is 16.1. The van der Waals surface area contributed by atoms with Crippen molar-refractivity contribution >= 4 is 5.78 Å². The third-order valence-corrected chi connectivity index (χ3v) is 5.13. The average Bonchev–Trinajstić information content (AvgIpc) is 2.68. The maximum absolute atomic E-state index is 13.0. The molecule has 1 aliphatic rings. The molecule has 1 heterocycles. The molecule has 1 aliphatic carbocycles. The number of ketones is 1. The van der Waals surface area contributed by atoms with Crippen LogP contribution in [-0.2, 0) is 6.42 Å². The van der Waals surface area contributed by atoms with Crippen LogP contribution in [0.3, 0.4) is 0 Å². The van der Waals surface area contributed by atoms with E-state index in [9.17, 15) is 14.9 Å². The first-order valence-corrected chi connectivity index (χ1v) is 8.92. The number of aryl methyl sites for hydroxylation is 1. The molecule has 1 aromatic heterocycles. The van der Waals surface area contributed by atoms with Crippen LogP contribution in [-0.4, -0.2) is 10.4 Å². The second kappa shape index (κ2) is 6.69. The van der Waals surface area contributed by atoms with Gasteiger partial charge in [-0.1, -0.05) is 42.5 Å². The van der Waals surface area contributed by atoms with E-state index in [-0.39, 0.29) is 22.8 Å². The molecule has 0 amide bonds. The summed E-state index contributed by atoms with van der Waals surface area (Å²) in [6, 6.07) is 20.9. The van der Waals surface area contributed by atoms with Gasteiger partial charge in [-0.2, -0.15) is 5.26 Å². The van der Waals surface area contributed by atoms with E-state index in [1.54, 1.807) is 4.57 Å². The fraction of sp³-hybridized carbons (Fsp3) is 0.174. The van der Waals surface area contributed by atoms with Crippen LogP contribution < -0.4 is 5.56 Å². The van der Waals surface area contributed by atoms with Gasteiger partial charge in [0.1, 0.15) is 11.6 Å². The van der Waals surface area contributed by atoms with Crippen molar-refractivity contribution in [1.82, 2.24) is 4.57 Å². The second-order valence-corrected chi connectivity index (χ2v) is 6.95. The third-order valence-electron chi connectivity index (χ3n) is 5.13. The molecule has 4 nitrogen and oxygen atoms in total. The van der Waals surface area contributed by atoms with Crippen LogP contribution in [0.4, 0.5) is 0 Å². The van der Waals surface area contributed by atoms with E-state index < -0.39 is 0 Å². The second-order valence-electron chi connectivity index (χ2n) is 6.95. The Morgan fingerprint density at radius 2 is 1.78 bits per heavy atom. The largest absolute Gasteiger partial charge is 0.294 e. The van der Waals surface area contributed by atoms with Gasteiger partial charge < -0.3 is 0 Å². The zero-order valence-corrected chi connectivity index (χ0v) is 15.0. The van der Waals surface area contributed by atoms with Gasteiger partial charge in [0.2, 0.25) is 0 Å². The van der Waals surface area contributed by atoms with Crippen molar-refractivity contribution in [1.29, 1.82) is 5.26 Å². The highest BCUT2D eigenvalue weighted by Gasteiger charge is 2.30. The van der Waals surface area contributed by atoms with Crippen LogP contribution in [0.15, 0.2) is 65.5 Å². The maximum atomic E-state index is 13.0. The van der Waals surface area contributed by atoms with E-state index >= 15 is 0 Å². The van der Waals surface area contributed by atoms with E-state index in [1.807, 2.05) is 67.6 Å². The number of rotatable bonds is 2. The number of pyridine rings is 1. The Bertz CT molecular complexity index is 1140. The molecule has 0 fully saturated rings. The molecule has 27 heavy (non-hydrogen) atoms. The lowest BCUT2D eigenvalue weighted by Crippen LogP contribution is -2.31. The molecular weight excluding hydrogens is 336 g/mol. The molecule has 2 aromatic carbocycles. The molecule has 0 radical (unpaired) electrons. The minimum Gasteiger partial charge on any atom is -0.294 e. The van der Waals surface area contributed by atoms with E-state index in [0.29, 0.717) is 29.8 Å². The van der Waals surface area contributed by atoms with Crippen LogP contribution >= 0.6 is 0 Å². The number of hydrogen-bond donors (Lipinski definition) is 0. The van der Waals surface area contributed by atoms with Crippen molar-refractivity contribution in [2.45, 2.75) is 25.7 Å². The first-order chi connectivity index (χ1) is 13.1. The van der Waals surface area contributed by atoms with Crippen molar-refractivity contribution in [3.05, 3.63) is 99.0 Å². The van der Waals surface area contributed by atoms with Gasteiger partial charge >= 0.3 is 0 Å². The Labute approximate surface area is 157 Å². The van der Waals surface area contributed by atoms with Crippen LogP contribution in [0.2, 0.25) is 0 Å². The minimum absolute atomic E-state index is 0.00164. The molecule has 0 aliphatic heterocycles. The monoisotopic (exact) mass is 354 g/mol. The van der Waals surface area contributed by atoms with E-state index in [4.69, 9.17) is 0 Å². The standard InChI is InChI=1S/C23H18N2O2/c1-15-6-5-9-19(10-15)25-21-12-17(16-7-3-2-4-8-16)13-22(26)20(21)11-18(14-24)23(25)27/h2-11,17H,12-13H2,1H3/t17-/m1/s1. The molecule has 0 saturated heterocycles. The van der Waals surface area contributed by atoms with E-state index in [2.05, 4.69) is 0 Å². The molecule has 1 atom stereocenters. The number of aromatic nitrogens is 1. The summed E-state index contributed by atoms with van der Waals surface area (Å²) in [4.78, 5) is 25.8. The number of fused-ring (bicyclic) bond motifs is 1. The molecule has 0 N–H and O–H groups in total. The van der Waals surface area contributed by atoms with Crippen molar-refractivity contribution in [2.75, 3.05) is 0 Å². The Morgan fingerprint density at radius 1 is 1.00 bits per heavy atom. The van der Waals surface area contributed by atoms with Crippen LogP contribution in [0.25, 0.3) is 5.69 Å². The van der Waals surface area contributed by atoms with Gasteiger partial charge in [-0.3, -0.25) is 14.2 Å². The molecular formula is C23H18N2O2. The zero-order valence-electron chi connectivity index (χ0n) is 15.0. The number of hydrogen-bond acceptors (Lipinski definition) is 3. The lowest BCUT2D eigenvalue weighted by atomic mass is 9.81. The summed E-state index contributed by atoms with van der Waals surface area (Å²) in [6.07, 6.45) is 0.966. The Morgan fingerprint density at radius 3 is 2.48 bits per heavy atom. The molecule has 4 rings (SSSR count). The smallest absolute Gasteiger partial charge is 0.273 e. The van der Waals surface area contributed by atoms with E-state index in [0.717, 1.165) is 11.1 Å². The van der Waals surface area contributed by atoms with Gasteiger partial charge in [0.25, 0.3) is 5.56 Å². The van der Waals surface area contributed by atoms with Crippen LogP contribution in [0.5, 0.6) is 0 Å². The number of benzene rings is 2. The first-order valence-electron chi connectivity index (χ1n) is 8.92. The highest BCUT2D eigenvalue weighted by Crippen LogP contribution is 2.33. The summed E-state index contributed by atoms with van der Waals surface area (Å²) < 4.78 is 1.55. The predicted molar refractivity (Wildman–Crippen MR) is 103 cm³/mol. The van der Waals surface area contributed by atoms with Crippen molar-refractivity contribution in [3.8, 4) is 11.8 Å². The molecule has 3 aromatic rings.